The molecule has 0 aliphatic heterocycles. The zero-order valence-corrected chi connectivity index (χ0v) is 27.8. The van der Waals surface area contributed by atoms with Gasteiger partial charge < -0.3 is 4.42 Å². The van der Waals surface area contributed by atoms with Gasteiger partial charge in [0, 0.05) is 26.2 Å². The van der Waals surface area contributed by atoms with Crippen LogP contribution in [0.15, 0.2) is 174 Å². The van der Waals surface area contributed by atoms with Gasteiger partial charge in [-0.15, -0.1) is 11.3 Å². The highest BCUT2D eigenvalue weighted by Crippen LogP contribution is 2.47. The van der Waals surface area contributed by atoms with E-state index in [1.165, 1.54) is 96.6 Å². The van der Waals surface area contributed by atoms with Crippen LogP contribution in [0.4, 0.5) is 0 Å². The normalized spacial score (nSPS) is 12.0. The molecular weight excluding hydrogens is 625 g/mol. The lowest BCUT2D eigenvalue weighted by Gasteiger charge is -2.18. The number of hydrogen-bond donors (Lipinski definition) is 0. The predicted molar refractivity (Wildman–Crippen MR) is 215 cm³/mol. The molecule has 0 saturated heterocycles. The van der Waals surface area contributed by atoms with Gasteiger partial charge in [0.25, 0.3) is 0 Å². The van der Waals surface area contributed by atoms with Crippen molar-refractivity contribution in [3.8, 4) is 33.4 Å². The average molecular weight is 653 g/mol. The average Bonchev–Trinajstić information content (AvgIpc) is 3.76. The van der Waals surface area contributed by atoms with Crippen molar-refractivity contribution in [2.24, 2.45) is 0 Å². The Kier molecular flexibility index (Phi) is 5.89. The second-order valence-electron chi connectivity index (χ2n) is 13.1. The third-order valence-electron chi connectivity index (χ3n) is 10.5. The number of hydrogen-bond acceptors (Lipinski definition) is 2. The van der Waals surface area contributed by atoms with E-state index in [9.17, 15) is 0 Å². The zero-order valence-electron chi connectivity index (χ0n) is 27.0. The van der Waals surface area contributed by atoms with Crippen LogP contribution in [0, 0.1) is 0 Å². The quantitative estimate of drug-likeness (QED) is 0.173. The molecule has 0 unspecified atom stereocenters. The monoisotopic (exact) mass is 652 g/mol. The third-order valence-corrected chi connectivity index (χ3v) is 11.6. The van der Waals surface area contributed by atoms with Gasteiger partial charge in [-0.05, 0) is 83.9 Å². The SMILES string of the molecule is c1ccc(-c2c3ccccc3c(-c3ccc(-c4cc5sc6c(ccc7c8ccccc8oc76)c5c5ccccc45)cc3)c3ccccc23)cc1. The molecule has 0 amide bonds. The van der Waals surface area contributed by atoms with Gasteiger partial charge in [0.1, 0.15) is 5.58 Å². The van der Waals surface area contributed by atoms with Crippen LogP contribution >= 0.6 is 11.3 Å². The van der Waals surface area contributed by atoms with E-state index < -0.39 is 0 Å². The van der Waals surface area contributed by atoms with E-state index in [0.29, 0.717) is 0 Å². The number of rotatable bonds is 3. The van der Waals surface area contributed by atoms with E-state index >= 15 is 0 Å². The molecule has 11 rings (SSSR count). The summed E-state index contributed by atoms with van der Waals surface area (Å²) in [6.07, 6.45) is 0. The van der Waals surface area contributed by atoms with Crippen LogP contribution in [-0.4, -0.2) is 0 Å². The summed E-state index contributed by atoms with van der Waals surface area (Å²) < 4.78 is 8.97. The van der Waals surface area contributed by atoms with E-state index in [2.05, 4.69) is 164 Å². The summed E-state index contributed by atoms with van der Waals surface area (Å²) in [6, 6.07) is 61.9. The minimum Gasteiger partial charge on any atom is -0.455 e. The highest BCUT2D eigenvalue weighted by atomic mass is 32.1. The summed E-state index contributed by atoms with van der Waals surface area (Å²) >= 11 is 1.84. The number of fused-ring (bicyclic) bond motifs is 11. The molecule has 50 heavy (non-hydrogen) atoms. The molecule has 0 spiro atoms. The molecule has 11 aromatic rings. The Labute approximate surface area is 292 Å². The second-order valence-corrected chi connectivity index (χ2v) is 14.2. The summed E-state index contributed by atoms with van der Waals surface area (Å²) in [6.45, 7) is 0. The van der Waals surface area contributed by atoms with Crippen molar-refractivity contribution in [2.45, 2.75) is 0 Å². The maximum absolute atomic E-state index is 6.48. The first-order valence-corrected chi connectivity index (χ1v) is 17.9. The fourth-order valence-corrected chi connectivity index (χ4v) is 9.53. The van der Waals surface area contributed by atoms with Gasteiger partial charge in [0.05, 0.1) is 4.70 Å². The maximum Gasteiger partial charge on any atom is 0.153 e. The molecule has 2 heterocycles. The van der Waals surface area contributed by atoms with Crippen LogP contribution < -0.4 is 0 Å². The van der Waals surface area contributed by atoms with E-state index in [0.717, 1.165) is 11.2 Å². The van der Waals surface area contributed by atoms with Crippen molar-refractivity contribution in [1.82, 2.24) is 0 Å². The Balaban J connectivity index is 1.12. The Bertz CT molecular complexity index is 3070. The molecule has 0 N–H and O–H groups in total. The lowest BCUT2D eigenvalue weighted by Crippen LogP contribution is -1.91. The first-order valence-electron chi connectivity index (χ1n) is 17.1. The molecule has 0 aliphatic carbocycles. The van der Waals surface area contributed by atoms with Gasteiger partial charge in [-0.1, -0.05) is 152 Å². The first-order chi connectivity index (χ1) is 24.8. The van der Waals surface area contributed by atoms with Crippen molar-refractivity contribution in [1.29, 1.82) is 0 Å². The molecule has 0 fully saturated rings. The molecule has 0 bridgehead atoms. The lowest BCUT2D eigenvalue weighted by molar-refractivity contribution is 0.673. The third kappa shape index (κ3) is 3.94. The minimum absolute atomic E-state index is 0.938. The molecule has 232 valence electrons. The van der Waals surface area contributed by atoms with E-state index in [1.54, 1.807) is 0 Å². The van der Waals surface area contributed by atoms with Gasteiger partial charge in [-0.3, -0.25) is 0 Å². The van der Waals surface area contributed by atoms with Crippen molar-refractivity contribution in [3.63, 3.8) is 0 Å². The minimum atomic E-state index is 0.938. The molecule has 0 radical (unpaired) electrons. The van der Waals surface area contributed by atoms with Crippen LogP contribution in [-0.2, 0) is 0 Å². The molecule has 0 atom stereocenters. The maximum atomic E-state index is 6.48. The van der Waals surface area contributed by atoms with Gasteiger partial charge in [0.15, 0.2) is 5.58 Å². The van der Waals surface area contributed by atoms with Crippen LogP contribution in [0.1, 0.15) is 0 Å². The van der Waals surface area contributed by atoms with Crippen LogP contribution in [0.25, 0.3) is 108 Å². The van der Waals surface area contributed by atoms with Crippen LogP contribution in [0.5, 0.6) is 0 Å². The fraction of sp³-hybridized carbons (Fsp3) is 0. The summed E-state index contributed by atoms with van der Waals surface area (Å²) in [4.78, 5) is 0. The van der Waals surface area contributed by atoms with Crippen molar-refractivity contribution < 1.29 is 4.42 Å². The summed E-state index contributed by atoms with van der Waals surface area (Å²) in [7, 11) is 0. The standard InChI is InChI=1S/C48H28OS/c1-2-12-30(13-3-1)44-35-17-6-8-19-37(35)45(38-20-9-7-18-36(38)44)31-24-22-29(23-25-31)41-28-43-46(34-16-5-4-14-32(34)41)40-27-26-39-33-15-10-11-21-42(33)49-47(39)48(40)50-43/h1-28H. The second kappa shape index (κ2) is 10.6. The van der Waals surface area contributed by atoms with Crippen LogP contribution in [0.3, 0.4) is 0 Å². The number of benzene rings is 9. The molecule has 0 aliphatic rings. The molecule has 0 saturated carbocycles. The summed E-state index contributed by atoms with van der Waals surface area (Å²) in [5.41, 5.74) is 9.42. The van der Waals surface area contributed by atoms with Gasteiger partial charge in [0.2, 0.25) is 0 Å². The molecule has 9 aromatic carbocycles. The van der Waals surface area contributed by atoms with Crippen molar-refractivity contribution in [2.75, 3.05) is 0 Å². The molecule has 2 aromatic heterocycles. The van der Waals surface area contributed by atoms with Crippen LogP contribution in [0.2, 0.25) is 0 Å². The largest absolute Gasteiger partial charge is 0.455 e. The number of furan rings is 1. The first kappa shape index (κ1) is 27.7. The van der Waals surface area contributed by atoms with Crippen molar-refractivity contribution in [3.05, 3.63) is 170 Å². The Morgan fingerprint density at radius 3 is 1.52 bits per heavy atom. The zero-order chi connectivity index (χ0) is 32.8. The van der Waals surface area contributed by atoms with E-state index in [4.69, 9.17) is 4.42 Å². The van der Waals surface area contributed by atoms with E-state index in [1.807, 2.05) is 17.4 Å². The highest BCUT2D eigenvalue weighted by molar-refractivity contribution is 7.26. The van der Waals surface area contributed by atoms with E-state index in [-0.39, 0.29) is 0 Å². The fourth-order valence-electron chi connectivity index (χ4n) is 8.29. The number of thiophene rings is 1. The van der Waals surface area contributed by atoms with Gasteiger partial charge in [-0.25, -0.2) is 0 Å². The lowest BCUT2D eigenvalue weighted by atomic mass is 9.85. The topological polar surface area (TPSA) is 13.1 Å². The predicted octanol–water partition coefficient (Wildman–Crippen LogP) is 14.4. The summed E-state index contributed by atoms with van der Waals surface area (Å²) in [5.74, 6) is 0. The highest BCUT2D eigenvalue weighted by Gasteiger charge is 2.19. The summed E-state index contributed by atoms with van der Waals surface area (Å²) in [5, 5.41) is 12.5. The Hall–Kier alpha value is -6.22. The molecular formula is C48H28OS. The van der Waals surface area contributed by atoms with Gasteiger partial charge in [-0.2, -0.15) is 0 Å². The molecule has 2 heteroatoms. The Morgan fingerprint density at radius 1 is 0.360 bits per heavy atom. The molecule has 1 nitrogen and oxygen atoms in total. The number of para-hydroxylation sites is 1. The van der Waals surface area contributed by atoms with Crippen molar-refractivity contribution >= 4 is 85.8 Å². The smallest absolute Gasteiger partial charge is 0.153 e. The van der Waals surface area contributed by atoms with Gasteiger partial charge >= 0.3 is 0 Å². The Morgan fingerprint density at radius 2 is 0.860 bits per heavy atom.